The molecule has 0 bridgehead atoms. The maximum Gasteiger partial charge on any atom is 0.420 e. The van der Waals surface area contributed by atoms with Gasteiger partial charge in [0.15, 0.2) is 5.82 Å². The van der Waals surface area contributed by atoms with E-state index in [0.717, 1.165) is 18.3 Å². The van der Waals surface area contributed by atoms with Crippen molar-refractivity contribution >= 4 is 61.1 Å². The summed E-state index contributed by atoms with van der Waals surface area (Å²) in [5, 5.41) is 1.03. The van der Waals surface area contributed by atoms with Crippen molar-refractivity contribution in [2.45, 2.75) is 6.18 Å². The first kappa shape index (κ1) is 17.2. The predicted octanol–water partition coefficient (Wildman–Crippen LogP) is 3.48. The Labute approximate surface area is 143 Å². The minimum atomic E-state index is -4.75. The van der Waals surface area contributed by atoms with Crippen molar-refractivity contribution in [1.29, 1.82) is 0 Å². The zero-order valence-corrected chi connectivity index (χ0v) is 14.5. The lowest BCUT2D eigenvalue weighted by molar-refractivity contribution is -0.141. The highest BCUT2D eigenvalue weighted by atomic mass is 79.9. The van der Waals surface area contributed by atoms with E-state index in [-0.39, 0.29) is 14.0 Å². The summed E-state index contributed by atoms with van der Waals surface area (Å²) in [6.07, 6.45) is -3.76. The molecule has 118 valence electrons. The zero-order valence-electron chi connectivity index (χ0n) is 10.6. The van der Waals surface area contributed by atoms with Crippen LogP contribution in [-0.4, -0.2) is 28.9 Å². The standard InChI is InChI=1S/C11H5Br2ClF3N3O2/c1-19(20-9(21)6(12)7(13)10(20)22)8-5(11(15,16)17)2-4(14)3-18-8/h2-3H,1H3. The lowest BCUT2D eigenvalue weighted by Crippen LogP contribution is -2.46. The quantitative estimate of drug-likeness (QED) is 0.631. The first-order valence-electron chi connectivity index (χ1n) is 5.46. The summed E-state index contributed by atoms with van der Waals surface area (Å²) in [5.74, 6) is -2.26. The van der Waals surface area contributed by atoms with E-state index in [9.17, 15) is 22.8 Å². The fourth-order valence-corrected chi connectivity index (χ4v) is 2.56. The van der Waals surface area contributed by atoms with Crippen LogP contribution in [0.25, 0.3) is 0 Å². The number of nitrogens with zero attached hydrogens (tertiary/aromatic N) is 3. The molecule has 1 aliphatic heterocycles. The summed E-state index contributed by atoms with van der Waals surface area (Å²) in [7, 11) is 1.12. The topological polar surface area (TPSA) is 53.5 Å². The van der Waals surface area contributed by atoms with E-state index in [1.807, 2.05) is 0 Å². The monoisotopic (exact) mass is 461 g/mol. The van der Waals surface area contributed by atoms with Gasteiger partial charge >= 0.3 is 6.18 Å². The number of carbonyl (C=O) groups excluding carboxylic acids is 2. The van der Waals surface area contributed by atoms with Crippen LogP contribution in [0.3, 0.4) is 0 Å². The third-order valence-electron chi connectivity index (χ3n) is 2.70. The van der Waals surface area contributed by atoms with Gasteiger partial charge in [0.25, 0.3) is 11.8 Å². The number of aromatic nitrogens is 1. The van der Waals surface area contributed by atoms with Crippen molar-refractivity contribution in [3.05, 3.63) is 31.8 Å². The lowest BCUT2D eigenvalue weighted by Gasteiger charge is -2.29. The summed E-state index contributed by atoms with van der Waals surface area (Å²) in [5.41, 5.74) is -1.16. The number of hydrogen-bond donors (Lipinski definition) is 0. The van der Waals surface area contributed by atoms with E-state index in [2.05, 4.69) is 36.8 Å². The second-order valence-corrected chi connectivity index (χ2v) is 6.12. The molecule has 0 unspecified atom stereocenters. The molecule has 0 atom stereocenters. The first-order chi connectivity index (χ1) is 10.1. The average molecular weight is 463 g/mol. The molecule has 0 spiro atoms. The molecule has 1 aromatic heterocycles. The normalized spacial score (nSPS) is 15.9. The molecule has 0 aromatic carbocycles. The molecular weight excluding hydrogens is 458 g/mol. The molecule has 0 N–H and O–H groups in total. The Bertz CT molecular complexity index is 684. The molecule has 0 fully saturated rings. The highest BCUT2D eigenvalue weighted by molar-refractivity contribution is 9.14. The highest BCUT2D eigenvalue weighted by Gasteiger charge is 2.42. The molecule has 2 rings (SSSR count). The number of amides is 2. The first-order valence-corrected chi connectivity index (χ1v) is 7.42. The summed E-state index contributed by atoms with van der Waals surface area (Å²) >= 11 is 11.3. The van der Waals surface area contributed by atoms with Crippen LogP contribution in [0.5, 0.6) is 0 Å². The Morgan fingerprint density at radius 3 is 2.18 bits per heavy atom. The minimum absolute atomic E-state index is 0.0909. The van der Waals surface area contributed by atoms with Crippen LogP contribution in [0.1, 0.15) is 5.56 Å². The number of anilines is 1. The number of hydrazine groups is 1. The van der Waals surface area contributed by atoms with Gasteiger partial charge in [-0.2, -0.15) is 18.2 Å². The molecule has 1 aromatic rings. The summed E-state index contributed by atoms with van der Waals surface area (Å²) in [4.78, 5) is 27.5. The molecule has 5 nitrogen and oxygen atoms in total. The van der Waals surface area contributed by atoms with Gasteiger partial charge < -0.3 is 0 Å². The molecule has 0 radical (unpaired) electrons. The van der Waals surface area contributed by atoms with Crippen molar-refractivity contribution in [3.8, 4) is 0 Å². The third kappa shape index (κ3) is 2.86. The highest BCUT2D eigenvalue weighted by Crippen LogP contribution is 2.38. The third-order valence-corrected chi connectivity index (χ3v) is 4.91. The van der Waals surface area contributed by atoms with Gasteiger partial charge in [-0.15, -0.1) is 0 Å². The minimum Gasteiger partial charge on any atom is -0.266 e. The van der Waals surface area contributed by atoms with Crippen molar-refractivity contribution < 1.29 is 22.8 Å². The van der Waals surface area contributed by atoms with E-state index in [0.29, 0.717) is 11.1 Å². The number of halogens is 6. The number of hydrogen-bond acceptors (Lipinski definition) is 4. The Kier molecular flexibility index (Phi) is 4.56. The Hall–Kier alpha value is -1.13. The van der Waals surface area contributed by atoms with Crippen LogP contribution in [-0.2, 0) is 15.8 Å². The second-order valence-electron chi connectivity index (χ2n) is 4.10. The van der Waals surface area contributed by atoms with Gasteiger partial charge in [-0.1, -0.05) is 11.6 Å². The summed E-state index contributed by atoms with van der Waals surface area (Å²) in [6, 6.07) is 0.670. The van der Waals surface area contributed by atoms with Gasteiger partial charge in [-0.3, -0.25) is 14.6 Å². The lowest BCUT2D eigenvalue weighted by atomic mass is 10.2. The molecule has 1 aliphatic rings. The maximum absolute atomic E-state index is 13.1. The molecule has 2 amide bonds. The number of rotatable bonds is 2. The zero-order chi connectivity index (χ0) is 16.8. The van der Waals surface area contributed by atoms with Crippen LogP contribution < -0.4 is 5.01 Å². The van der Waals surface area contributed by atoms with Gasteiger partial charge in [0.1, 0.15) is 14.5 Å². The molecule has 11 heteroatoms. The number of pyridine rings is 1. The molecule has 0 saturated carbocycles. The number of imide groups is 1. The molecule has 0 aliphatic carbocycles. The van der Waals surface area contributed by atoms with Crippen LogP contribution in [0.15, 0.2) is 21.2 Å². The van der Waals surface area contributed by atoms with Gasteiger partial charge in [-0.05, 0) is 37.9 Å². The molecule has 2 heterocycles. The molecule has 0 saturated heterocycles. The van der Waals surface area contributed by atoms with Crippen LogP contribution in [0.2, 0.25) is 5.02 Å². The van der Waals surface area contributed by atoms with Gasteiger partial charge in [0.2, 0.25) is 0 Å². The fourth-order valence-electron chi connectivity index (χ4n) is 1.73. The van der Waals surface area contributed by atoms with Crippen molar-refractivity contribution in [3.63, 3.8) is 0 Å². The van der Waals surface area contributed by atoms with Crippen LogP contribution in [0.4, 0.5) is 19.0 Å². The largest absolute Gasteiger partial charge is 0.420 e. The molecular formula is C11H5Br2ClF3N3O2. The summed E-state index contributed by atoms with van der Waals surface area (Å²) in [6.45, 7) is 0. The Morgan fingerprint density at radius 2 is 1.73 bits per heavy atom. The van der Waals surface area contributed by atoms with E-state index < -0.39 is 29.4 Å². The van der Waals surface area contributed by atoms with Crippen LogP contribution in [0, 0.1) is 0 Å². The van der Waals surface area contributed by atoms with E-state index in [4.69, 9.17) is 11.6 Å². The van der Waals surface area contributed by atoms with Gasteiger partial charge in [0.05, 0.1) is 5.02 Å². The molecule has 22 heavy (non-hydrogen) atoms. The smallest absolute Gasteiger partial charge is 0.266 e. The van der Waals surface area contributed by atoms with Gasteiger partial charge in [-0.25, -0.2) is 4.98 Å². The second kappa shape index (κ2) is 5.82. The SMILES string of the molecule is CN(c1ncc(Cl)cc1C(F)(F)F)N1C(=O)C(Br)=C(Br)C1=O. The predicted molar refractivity (Wildman–Crippen MR) is 79.4 cm³/mol. The maximum atomic E-state index is 13.1. The van der Waals surface area contributed by atoms with E-state index in [1.165, 1.54) is 0 Å². The van der Waals surface area contributed by atoms with Crippen molar-refractivity contribution in [2.24, 2.45) is 0 Å². The van der Waals surface area contributed by atoms with E-state index in [1.54, 1.807) is 0 Å². The Balaban J connectivity index is 2.50. The average Bonchev–Trinajstić information content (AvgIpc) is 2.61. The van der Waals surface area contributed by atoms with Crippen molar-refractivity contribution in [2.75, 3.05) is 12.1 Å². The van der Waals surface area contributed by atoms with Gasteiger partial charge in [0, 0.05) is 13.2 Å². The fraction of sp³-hybridized carbons (Fsp3) is 0.182. The summed E-state index contributed by atoms with van der Waals surface area (Å²) < 4.78 is 39.1. The Morgan fingerprint density at radius 1 is 1.23 bits per heavy atom. The van der Waals surface area contributed by atoms with E-state index >= 15 is 0 Å². The van der Waals surface area contributed by atoms with Crippen molar-refractivity contribution in [1.82, 2.24) is 9.99 Å². The van der Waals surface area contributed by atoms with Crippen LogP contribution >= 0.6 is 43.5 Å². The number of carbonyl (C=O) groups is 2. The number of alkyl halides is 3.